The zero-order valence-corrected chi connectivity index (χ0v) is 16.5. The summed E-state index contributed by atoms with van der Waals surface area (Å²) in [6.45, 7) is 3.03. The highest BCUT2D eigenvalue weighted by atomic mass is 32.1. The number of thiazole rings is 1. The molecule has 3 rings (SSSR count). The number of esters is 1. The van der Waals surface area contributed by atoms with Crippen molar-refractivity contribution < 1.29 is 37.7 Å². The number of hydrogen-bond acceptors (Lipinski definition) is 9. The molecule has 0 amide bonds. The Morgan fingerprint density at radius 1 is 1.23 bits per heavy atom. The minimum Gasteiger partial charge on any atom is -0.493 e. The van der Waals surface area contributed by atoms with E-state index in [1.807, 2.05) is 0 Å². The Morgan fingerprint density at radius 2 is 2.00 bits per heavy atom. The van der Waals surface area contributed by atoms with Crippen LogP contribution in [0.4, 0.5) is 13.6 Å². The van der Waals surface area contributed by atoms with Crippen LogP contribution in [0.1, 0.15) is 24.3 Å². The number of ether oxygens (including phenoxy) is 3. The number of carbonyl (C=O) groups is 2. The molecular weight excluding hydrogens is 424 g/mol. The standard InChI is InChI=1S/C18H15F2N3O6S/c1-3-27-18(26)29-9(2)28-16(25)14-8-30-17(21-14)23-15(24)7-13(22-23)10-4-5-11(19)12(20)6-10/h4-9,24H,3H2,1-2H3. The van der Waals surface area contributed by atoms with Gasteiger partial charge in [-0.05, 0) is 25.1 Å². The summed E-state index contributed by atoms with van der Waals surface area (Å²) in [4.78, 5) is 27.4. The van der Waals surface area contributed by atoms with E-state index >= 15 is 0 Å². The van der Waals surface area contributed by atoms with Gasteiger partial charge in [-0.2, -0.15) is 9.78 Å². The summed E-state index contributed by atoms with van der Waals surface area (Å²) < 4.78 is 41.8. The molecule has 1 unspecified atom stereocenters. The maximum atomic E-state index is 13.4. The number of rotatable bonds is 6. The van der Waals surface area contributed by atoms with Crippen molar-refractivity contribution in [3.63, 3.8) is 0 Å². The van der Waals surface area contributed by atoms with Crippen molar-refractivity contribution in [3.05, 3.63) is 47.0 Å². The fraction of sp³-hybridized carbons (Fsp3) is 0.222. The van der Waals surface area contributed by atoms with Gasteiger partial charge >= 0.3 is 12.1 Å². The molecule has 0 radical (unpaired) electrons. The first-order valence-electron chi connectivity index (χ1n) is 8.53. The lowest BCUT2D eigenvalue weighted by Gasteiger charge is -2.12. The molecule has 2 heterocycles. The number of carbonyl (C=O) groups excluding carboxylic acids is 2. The second kappa shape index (κ2) is 8.86. The quantitative estimate of drug-likeness (QED) is 0.457. The normalized spacial score (nSPS) is 11.7. The van der Waals surface area contributed by atoms with E-state index < -0.39 is 30.0 Å². The van der Waals surface area contributed by atoms with Gasteiger partial charge in [0.15, 0.2) is 17.3 Å². The molecule has 0 saturated carbocycles. The SMILES string of the molecule is CCOC(=O)OC(C)OC(=O)c1csc(-n2nc(-c3ccc(F)c(F)c3)cc2O)n1. The number of halogens is 2. The molecule has 1 N–H and O–H groups in total. The number of benzene rings is 1. The Hall–Kier alpha value is -3.54. The van der Waals surface area contributed by atoms with E-state index in [9.17, 15) is 23.5 Å². The van der Waals surface area contributed by atoms with E-state index in [1.165, 1.54) is 24.4 Å². The van der Waals surface area contributed by atoms with E-state index in [4.69, 9.17) is 9.47 Å². The zero-order valence-electron chi connectivity index (χ0n) is 15.7. The Labute approximate surface area is 172 Å². The van der Waals surface area contributed by atoms with Crippen LogP contribution >= 0.6 is 11.3 Å². The molecule has 30 heavy (non-hydrogen) atoms. The zero-order chi connectivity index (χ0) is 21.8. The highest BCUT2D eigenvalue weighted by Crippen LogP contribution is 2.28. The Bertz CT molecular complexity index is 1080. The lowest BCUT2D eigenvalue weighted by Crippen LogP contribution is -2.22. The van der Waals surface area contributed by atoms with Crippen LogP contribution in [0.2, 0.25) is 0 Å². The topological polar surface area (TPSA) is 113 Å². The van der Waals surface area contributed by atoms with Crippen molar-refractivity contribution in [2.24, 2.45) is 0 Å². The van der Waals surface area contributed by atoms with E-state index in [1.54, 1.807) is 6.92 Å². The highest BCUT2D eigenvalue weighted by Gasteiger charge is 2.21. The molecule has 0 aliphatic heterocycles. The van der Waals surface area contributed by atoms with Crippen LogP contribution in [0.3, 0.4) is 0 Å². The fourth-order valence-electron chi connectivity index (χ4n) is 2.29. The summed E-state index contributed by atoms with van der Waals surface area (Å²) in [5.41, 5.74) is 0.296. The molecule has 0 aliphatic carbocycles. The van der Waals surface area contributed by atoms with Gasteiger partial charge in [-0.1, -0.05) is 0 Å². The van der Waals surface area contributed by atoms with E-state index in [0.29, 0.717) is 0 Å². The number of aromatic hydroxyl groups is 1. The van der Waals surface area contributed by atoms with Gasteiger partial charge in [0.2, 0.25) is 17.3 Å². The van der Waals surface area contributed by atoms with E-state index in [-0.39, 0.29) is 34.6 Å². The molecule has 2 aromatic heterocycles. The second-order valence-corrected chi connectivity index (χ2v) is 6.55. The summed E-state index contributed by atoms with van der Waals surface area (Å²) in [5.74, 6) is -3.27. The maximum absolute atomic E-state index is 13.4. The van der Waals surface area contributed by atoms with Crippen molar-refractivity contribution in [3.8, 4) is 22.3 Å². The number of hydrogen-bond donors (Lipinski definition) is 1. The maximum Gasteiger partial charge on any atom is 0.511 e. The molecule has 12 heteroatoms. The van der Waals surface area contributed by atoms with Crippen LogP contribution in [-0.2, 0) is 14.2 Å². The first-order valence-corrected chi connectivity index (χ1v) is 9.41. The molecule has 158 valence electrons. The second-order valence-electron chi connectivity index (χ2n) is 5.72. The largest absolute Gasteiger partial charge is 0.511 e. The minimum absolute atomic E-state index is 0.106. The molecule has 0 fully saturated rings. The third-order valence-corrected chi connectivity index (χ3v) is 4.40. The van der Waals surface area contributed by atoms with Gasteiger partial charge in [-0.15, -0.1) is 11.3 Å². The molecule has 0 bridgehead atoms. The molecule has 1 aromatic carbocycles. The predicted octanol–water partition coefficient (Wildman–Crippen LogP) is 3.66. The van der Waals surface area contributed by atoms with Gasteiger partial charge in [0.1, 0.15) is 0 Å². The molecule has 3 aromatic rings. The van der Waals surface area contributed by atoms with Gasteiger partial charge in [0.05, 0.1) is 12.3 Å². The predicted molar refractivity (Wildman–Crippen MR) is 99.2 cm³/mol. The van der Waals surface area contributed by atoms with Crippen LogP contribution in [0.5, 0.6) is 5.88 Å². The van der Waals surface area contributed by atoms with Crippen molar-refractivity contribution in [2.75, 3.05) is 6.61 Å². The molecule has 0 saturated heterocycles. The summed E-state index contributed by atoms with van der Waals surface area (Å²) in [7, 11) is 0. The summed E-state index contributed by atoms with van der Waals surface area (Å²) >= 11 is 0.970. The van der Waals surface area contributed by atoms with Gasteiger partial charge < -0.3 is 19.3 Å². The molecule has 0 aliphatic rings. The molecule has 1 atom stereocenters. The first-order chi connectivity index (χ1) is 14.3. The summed E-state index contributed by atoms with van der Waals surface area (Å²) in [6.07, 6.45) is -2.19. The molecule has 0 spiro atoms. The number of nitrogens with zero attached hydrogens (tertiary/aromatic N) is 3. The van der Waals surface area contributed by atoms with Crippen LogP contribution in [0.25, 0.3) is 16.4 Å². The average Bonchev–Trinajstić information content (AvgIpc) is 3.30. The van der Waals surface area contributed by atoms with Crippen molar-refractivity contribution in [1.82, 2.24) is 14.8 Å². The monoisotopic (exact) mass is 439 g/mol. The van der Waals surface area contributed by atoms with E-state index in [2.05, 4.69) is 14.8 Å². The van der Waals surface area contributed by atoms with Gasteiger partial charge in [0, 0.05) is 23.9 Å². The van der Waals surface area contributed by atoms with Crippen molar-refractivity contribution >= 4 is 23.5 Å². The van der Waals surface area contributed by atoms with Crippen molar-refractivity contribution in [1.29, 1.82) is 0 Å². The van der Waals surface area contributed by atoms with Gasteiger partial charge in [0.25, 0.3) is 0 Å². The van der Waals surface area contributed by atoms with Crippen LogP contribution in [-0.4, -0.2) is 44.9 Å². The lowest BCUT2D eigenvalue weighted by molar-refractivity contribution is -0.0813. The van der Waals surface area contributed by atoms with Gasteiger partial charge in [-0.25, -0.2) is 23.4 Å². The smallest absolute Gasteiger partial charge is 0.493 e. The third kappa shape index (κ3) is 4.71. The average molecular weight is 439 g/mol. The molecular formula is C18H15F2N3O6S. The third-order valence-electron chi connectivity index (χ3n) is 3.59. The highest BCUT2D eigenvalue weighted by molar-refractivity contribution is 7.12. The van der Waals surface area contributed by atoms with Crippen LogP contribution < -0.4 is 0 Å². The molecule has 9 nitrogen and oxygen atoms in total. The Kier molecular flexibility index (Phi) is 6.26. The first kappa shape index (κ1) is 21.2. The number of aromatic nitrogens is 3. The lowest BCUT2D eigenvalue weighted by atomic mass is 10.1. The fourth-order valence-corrected chi connectivity index (χ4v) is 3.04. The van der Waals surface area contributed by atoms with Crippen LogP contribution in [0, 0.1) is 11.6 Å². The van der Waals surface area contributed by atoms with E-state index in [0.717, 1.165) is 28.2 Å². The summed E-state index contributed by atoms with van der Waals surface area (Å²) in [5, 5.41) is 15.7. The Balaban J connectivity index is 1.74. The van der Waals surface area contributed by atoms with Crippen LogP contribution in [0.15, 0.2) is 29.6 Å². The summed E-state index contributed by atoms with van der Waals surface area (Å²) in [6, 6.07) is 4.43. The minimum atomic E-state index is -1.21. The Morgan fingerprint density at radius 3 is 2.70 bits per heavy atom. The van der Waals surface area contributed by atoms with Gasteiger partial charge in [-0.3, -0.25) is 0 Å². The van der Waals surface area contributed by atoms with Crippen molar-refractivity contribution in [2.45, 2.75) is 20.1 Å².